The topological polar surface area (TPSA) is 82.1 Å². The van der Waals surface area contributed by atoms with Gasteiger partial charge in [-0.1, -0.05) is 6.07 Å². The van der Waals surface area contributed by atoms with E-state index in [9.17, 15) is 13.6 Å². The molecule has 0 saturated carbocycles. The van der Waals surface area contributed by atoms with Gasteiger partial charge >= 0.3 is 0 Å². The number of nitrogens with zero attached hydrogens (tertiary/aromatic N) is 1. The number of hydrogen-bond donors (Lipinski definition) is 1. The monoisotopic (exact) mass is 185 g/mol. The van der Waals surface area contributed by atoms with E-state index in [1.54, 1.807) is 16.9 Å². The first-order valence-corrected chi connectivity index (χ1v) is 4.09. The summed E-state index contributed by atoms with van der Waals surface area (Å²) in [7, 11) is 0. The minimum Gasteiger partial charge on any atom is -0.755 e. The number of carbonyl (C=O) groups excluding carboxylic acids is 1. The van der Waals surface area contributed by atoms with E-state index in [1.165, 1.54) is 12.3 Å². The molecule has 0 spiro atoms. The molecule has 6 heteroatoms. The largest absolute Gasteiger partial charge is 0.755 e. The Morgan fingerprint density at radius 1 is 1.58 bits per heavy atom. The van der Waals surface area contributed by atoms with Crippen molar-refractivity contribution in [3.8, 4) is 0 Å². The molecule has 0 aliphatic heterocycles. The van der Waals surface area contributed by atoms with Gasteiger partial charge in [-0.2, -0.15) is 0 Å². The van der Waals surface area contributed by atoms with Crippen molar-refractivity contribution in [2.24, 2.45) is 0 Å². The minimum absolute atomic E-state index is 0.0710. The lowest BCUT2D eigenvalue weighted by molar-refractivity contribution is 0.0976. The molecule has 0 aromatic carbocycles. The first-order valence-electron chi connectivity index (χ1n) is 3.01. The van der Waals surface area contributed by atoms with Gasteiger partial charge < -0.3 is 4.55 Å². The highest BCUT2D eigenvalue weighted by Crippen LogP contribution is 1.92. The highest BCUT2D eigenvalue weighted by atomic mass is 32.2. The van der Waals surface area contributed by atoms with Gasteiger partial charge in [0.1, 0.15) is 5.69 Å². The zero-order valence-corrected chi connectivity index (χ0v) is 6.71. The summed E-state index contributed by atoms with van der Waals surface area (Å²) >= 11 is -2.59. The number of amides is 1. The Labute approximate surface area is 71.2 Å². The van der Waals surface area contributed by atoms with Crippen LogP contribution in [0.15, 0.2) is 24.4 Å². The molecule has 1 rings (SSSR count). The Bertz CT molecular complexity index is 301. The van der Waals surface area contributed by atoms with Crippen molar-refractivity contribution in [3.05, 3.63) is 30.1 Å². The van der Waals surface area contributed by atoms with Crippen LogP contribution in [0.25, 0.3) is 0 Å². The van der Waals surface area contributed by atoms with Gasteiger partial charge in [0.2, 0.25) is 0 Å². The zero-order chi connectivity index (χ0) is 8.97. The van der Waals surface area contributed by atoms with Gasteiger partial charge in [-0.3, -0.25) is 18.7 Å². The van der Waals surface area contributed by atoms with Crippen molar-refractivity contribution in [1.29, 1.82) is 0 Å². The Hall–Kier alpha value is -1.27. The number of rotatable bonds is 2. The van der Waals surface area contributed by atoms with Gasteiger partial charge in [0, 0.05) is 17.5 Å². The van der Waals surface area contributed by atoms with E-state index in [4.69, 9.17) is 0 Å². The minimum atomic E-state index is -2.59. The number of carbonyl (C=O) groups is 1. The van der Waals surface area contributed by atoms with Crippen LogP contribution in [0.3, 0.4) is 0 Å². The van der Waals surface area contributed by atoms with Crippen LogP contribution in [0.2, 0.25) is 0 Å². The van der Waals surface area contributed by atoms with Crippen molar-refractivity contribution in [2.75, 3.05) is 0 Å². The van der Waals surface area contributed by atoms with Crippen molar-refractivity contribution in [1.82, 2.24) is 9.71 Å². The summed E-state index contributed by atoms with van der Waals surface area (Å²) in [5, 5.41) is 0. The molecule has 64 valence electrons. The molecule has 1 atom stereocenters. The Balaban J connectivity index is 2.73. The molecule has 0 bridgehead atoms. The standard InChI is InChI=1S/C6H6N2O3S/c9-6(8-12(10)11)5-3-1-2-4-7-5/h1-4H,(H,8,9)(H,10,11)/p-1. The lowest BCUT2D eigenvalue weighted by Crippen LogP contribution is -2.25. The summed E-state index contributed by atoms with van der Waals surface area (Å²) in [4.78, 5) is 14.5. The summed E-state index contributed by atoms with van der Waals surface area (Å²) in [6.07, 6.45) is 1.41. The first-order chi connectivity index (χ1) is 5.70. The molecule has 0 aliphatic carbocycles. The molecule has 1 unspecified atom stereocenters. The third-order valence-corrected chi connectivity index (χ3v) is 1.43. The molecule has 0 aliphatic rings. The van der Waals surface area contributed by atoms with Crippen molar-refractivity contribution in [3.63, 3.8) is 0 Å². The van der Waals surface area contributed by atoms with Crippen molar-refractivity contribution < 1.29 is 13.6 Å². The van der Waals surface area contributed by atoms with E-state index in [-0.39, 0.29) is 5.69 Å². The molecule has 1 aromatic heterocycles. The molecule has 5 nitrogen and oxygen atoms in total. The maximum absolute atomic E-state index is 10.9. The molecular formula is C6H5N2O3S-. The summed E-state index contributed by atoms with van der Waals surface area (Å²) in [5.74, 6) is -0.732. The van der Waals surface area contributed by atoms with E-state index < -0.39 is 17.2 Å². The normalized spacial score (nSPS) is 12.1. The maximum atomic E-state index is 10.9. The molecule has 1 aromatic rings. The van der Waals surface area contributed by atoms with E-state index in [0.717, 1.165) is 0 Å². The summed E-state index contributed by atoms with van der Waals surface area (Å²) in [6.45, 7) is 0. The molecular weight excluding hydrogens is 180 g/mol. The summed E-state index contributed by atoms with van der Waals surface area (Å²) in [6, 6.07) is 4.64. The lowest BCUT2D eigenvalue weighted by atomic mass is 10.3. The molecule has 1 heterocycles. The smallest absolute Gasteiger partial charge is 0.280 e. The van der Waals surface area contributed by atoms with E-state index in [2.05, 4.69) is 4.98 Å². The van der Waals surface area contributed by atoms with Crippen LogP contribution in [0, 0.1) is 0 Å². The molecule has 0 radical (unpaired) electrons. The molecule has 1 amide bonds. The molecule has 12 heavy (non-hydrogen) atoms. The van der Waals surface area contributed by atoms with Gasteiger partial charge in [-0.05, 0) is 12.1 Å². The SMILES string of the molecule is O=C(NS(=O)[O-])c1ccccn1. The third-order valence-electron chi connectivity index (χ3n) is 1.07. The summed E-state index contributed by atoms with van der Waals surface area (Å²) < 4.78 is 21.7. The zero-order valence-electron chi connectivity index (χ0n) is 5.89. The quantitative estimate of drug-likeness (QED) is 0.636. The molecule has 1 N–H and O–H groups in total. The summed E-state index contributed by atoms with van der Waals surface area (Å²) in [5.41, 5.74) is 0.0710. The van der Waals surface area contributed by atoms with E-state index in [0.29, 0.717) is 0 Å². The van der Waals surface area contributed by atoms with E-state index in [1.807, 2.05) is 0 Å². The van der Waals surface area contributed by atoms with Crippen LogP contribution >= 0.6 is 0 Å². The van der Waals surface area contributed by atoms with Gasteiger partial charge in [0.15, 0.2) is 0 Å². The fourth-order valence-corrected chi connectivity index (χ4v) is 0.881. The van der Waals surface area contributed by atoms with Crippen LogP contribution in [0.4, 0.5) is 0 Å². The predicted molar refractivity (Wildman–Crippen MR) is 40.6 cm³/mol. The average Bonchev–Trinajstić information content (AvgIpc) is 2.05. The van der Waals surface area contributed by atoms with Crippen LogP contribution < -0.4 is 4.72 Å². The number of aromatic nitrogens is 1. The second kappa shape index (κ2) is 3.93. The van der Waals surface area contributed by atoms with Crippen LogP contribution in [0.5, 0.6) is 0 Å². The molecule has 0 saturated heterocycles. The van der Waals surface area contributed by atoms with Crippen molar-refractivity contribution >= 4 is 17.2 Å². The van der Waals surface area contributed by atoms with Crippen molar-refractivity contribution in [2.45, 2.75) is 0 Å². The number of nitrogens with one attached hydrogen (secondary N) is 1. The predicted octanol–water partition coefficient (Wildman–Crippen LogP) is -0.395. The number of hydrogen-bond acceptors (Lipinski definition) is 4. The Morgan fingerprint density at radius 2 is 2.33 bits per heavy atom. The molecule has 0 fully saturated rings. The van der Waals surface area contributed by atoms with Gasteiger partial charge in [0.05, 0.1) is 0 Å². The van der Waals surface area contributed by atoms with E-state index >= 15 is 0 Å². The van der Waals surface area contributed by atoms with Crippen LogP contribution in [-0.2, 0) is 11.3 Å². The van der Waals surface area contributed by atoms with Gasteiger partial charge in [-0.25, -0.2) is 0 Å². The fourth-order valence-electron chi connectivity index (χ4n) is 0.625. The lowest BCUT2D eigenvalue weighted by Gasteiger charge is -2.05. The van der Waals surface area contributed by atoms with Crippen LogP contribution in [-0.4, -0.2) is 19.7 Å². The Morgan fingerprint density at radius 3 is 2.83 bits per heavy atom. The van der Waals surface area contributed by atoms with Gasteiger partial charge in [0.25, 0.3) is 5.91 Å². The highest BCUT2D eigenvalue weighted by molar-refractivity contribution is 7.77. The third kappa shape index (κ3) is 2.40. The van der Waals surface area contributed by atoms with Crippen LogP contribution in [0.1, 0.15) is 10.5 Å². The highest BCUT2D eigenvalue weighted by Gasteiger charge is 2.03. The second-order valence-electron chi connectivity index (χ2n) is 1.88. The van der Waals surface area contributed by atoms with Gasteiger partial charge in [-0.15, -0.1) is 0 Å². The Kier molecular flexibility index (Phi) is 2.89. The second-order valence-corrected chi connectivity index (χ2v) is 2.55. The fraction of sp³-hybridized carbons (Fsp3) is 0. The average molecular weight is 185 g/mol. The first kappa shape index (κ1) is 8.82. The number of pyridine rings is 1. The maximum Gasteiger partial charge on any atom is 0.280 e.